The molecule has 2 aromatic rings. The van der Waals surface area contributed by atoms with Gasteiger partial charge in [-0.1, -0.05) is 32.9 Å². The second kappa shape index (κ2) is 6.35. The maximum Gasteiger partial charge on any atom is 0.228 e. The van der Waals surface area contributed by atoms with E-state index in [2.05, 4.69) is 48.1 Å². The molecule has 21 heavy (non-hydrogen) atoms. The van der Waals surface area contributed by atoms with Crippen molar-refractivity contribution >= 4 is 0 Å². The highest BCUT2D eigenvalue weighted by Crippen LogP contribution is 2.24. The lowest BCUT2D eigenvalue weighted by atomic mass is 9.84. The minimum atomic E-state index is 0.136. The first-order valence-corrected chi connectivity index (χ1v) is 7.38. The van der Waals surface area contributed by atoms with E-state index in [1.165, 1.54) is 0 Å². The van der Waals surface area contributed by atoms with E-state index in [4.69, 9.17) is 4.52 Å². The van der Waals surface area contributed by atoms with Crippen LogP contribution < -0.4 is 5.32 Å². The van der Waals surface area contributed by atoms with Gasteiger partial charge in [-0.05, 0) is 30.5 Å². The number of hydrogen-bond donors (Lipinski definition) is 1. The Morgan fingerprint density at radius 3 is 2.71 bits per heavy atom. The highest BCUT2D eigenvalue weighted by Gasteiger charge is 2.26. The molecule has 1 atom stereocenters. The van der Waals surface area contributed by atoms with E-state index < -0.39 is 0 Å². The van der Waals surface area contributed by atoms with Gasteiger partial charge < -0.3 is 9.84 Å². The molecule has 1 N–H and O–H groups in total. The van der Waals surface area contributed by atoms with Crippen LogP contribution in [0.25, 0.3) is 11.4 Å². The average Bonchev–Trinajstić information content (AvgIpc) is 2.86. The van der Waals surface area contributed by atoms with E-state index in [1.807, 2.05) is 19.2 Å². The number of pyridine rings is 1. The van der Waals surface area contributed by atoms with Crippen molar-refractivity contribution in [3.63, 3.8) is 0 Å². The fraction of sp³-hybridized carbons (Fsp3) is 0.562. The smallest absolute Gasteiger partial charge is 0.228 e. The van der Waals surface area contributed by atoms with Gasteiger partial charge in [-0.15, -0.1) is 0 Å². The molecule has 0 radical (unpaired) electrons. The Bertz CT molecular complexity index is 586. The quantitative estimate of drug-likeness (QED) is 0.916. The molecular weight excluding hydrogens is 264 g/mol. The molecule has 2 rings (SSSR count). The molecular formula is C16H24N4O. The van der Waals surface area contributed by atoms with Gasteiger partial charge in [0.1, 0.15) is 0 Å². The number of aromatic nitrogens is 3. The van der Waals surface area contributed by atoms with Gasteiger partial charge in [0, 0.05) is 30.4 Å². The lowest BCUT2D eigenvalue weighted by molar-refractivity contribution is 0.247. The minimum Gasteiger partial charge on any atom is -0.339 e. The summed E-state index contributed by atoms with van der Waals surface area (Å²) >= 11 is 0. The van der Waals surface area contributed by atoms with Gasteiger partial charge in [0.15, 0.2) is 0 Å². The zero-order chi connectivity index (χ0) is 15.5. The van der Waals surface area contributed by atoms with Crippen molar-refractivity contribution in [1.82, 2.24) is 20.4 Å². The molecule has 5 heteroatoms. The molecule has 2 aromatic heterocycles. The zero-order valence-corrected chi connectivity index (χ0v) is 13.5. The first-order valence-electron chi connectivity index (χ1n) is 7.38. The van der Waals surface area contributed by atoms with E-state index in [-0.39, 0.29) is 5.41 Å². The number of nitrogens with one attached hydrogen (secondary N) is 1. The van der Waals surface area contributed by atoms with Crippen LogP contribution in [0.5, 0.6) is 0 Å². The van der Waals surface area contributed by atoms with Crippen LogP contribution in [0.4, 0.5) is 0 Å². The minimum absolute atomic E-state index is 0.136. The van der Waals surface area contributed by atoms with Gasteiger partial charge in [-0.3, -0.25) is 4.98 Å². The molecule has 0 fully saturated rings. The number of hydrogen-bond acceptors (Lipinski definition) is 5. The first kappa shape index (κ1) is 15.6. The van der Waals surface area contributed by atoms with Crippen molar-refractivity contribution < 1.29 is 4.52 Å². The molecule has 0 aliphatic heterocycles. The van der Waals surface area contributed by atoms with Gasteiger partial charge in [-0.2, -0.15) is 4.98 Å². The van der Waals surface area contributed by atoms with Crippen LogP contribution in [0, 0.1) is 12.3 Å². The van der Waals surface area contributed by atoms with Crippen LogP contribution in [-0.4, -0.2) is 27.7 Å². The molecule has 0 spiro atoms. The molecule has 0 aromatic carbocycles. The van der Waals surface area contributed by atoms with E-state index in [9.17, 15) is 0 Å². The SMILES string of the molecule is CCNC(Cc1nc(-c2ccncc2C)no1)C(C)(C)C. The van der Waals surface area contributed by atoms with E-state index >= 15 is 0 Å². The van der Waals surface area contributed by atoms with Crippen LogP contribution in [0.1, 0.15) is 39.1 Å². The molecule has 2 heterocycles. The predicted octanol–water partition coefficient (Wildman–Crippen LogP) is 3.01. The van der Waals surface area contributed by atoms with E-state index in [0.29, 0.717) is 17.8 Å². The van der Waals surface area contributed by atoms with Gasteiger partial charge in [0.2, 0.25) is 11.7 Å². The summed E-state index contributed by atoms with van der Waals surface area (Å²) in [7, 11) is 0. The molecule has 1 unspecified atom stereocenters. The third-order valence-electron chi connectivity index (χ3n) is 3.60. The second-order valence-corrected chi connectivity index (χ2v) is 6.38. The van der Waals surface area contributed by atoms with Crippen molar-refractivity contribution in [3.8, 4) is 11.4 Å². The van der Waals surface area contributed by atoms with Crippen molar-refractivity contribution in [1.29, 1.82) is 0 Å². The van der Waals surface area contributed by atoms with E-state index in [0.717, 1.165) is 24.1 Å². The normalized spacial score (nSPS) is 13.4. The highest BCUT2D eigenvalue weighted by atomic mass is 16.5. The molecule has 0 saturated heterocycles. The standard InChI is InChI=1S/C16H24N4O/c1-6-18-13(16(3,4)5)9-14-19-15(20-21-14)12-7-8-17-10-11(12)2/h7-8,10,13,18H,6,9H2,1-5H3. The van der Waals surface area contributed by atoms with Crippen LogP contribution >= 0.6 is 0 Å². The summed E-state index contributed by atoms with van der Waals surface area (Å²) < 4.78 is 5.42. The van der Waals surface area contributed by atoms with Crippen LogP contribution in [0.3, 0.4) is 0 Å². The van der Waals surface area contributed by atoms with Crippen molar-refractivity contribution in [2.75, 3.05) is 6.54 Å². The van der Waals surface area contributed by atoms with Crippen LogP contribution in [-0.2, 0) is 6.42 Å². The van der Waals surface area contributed by atoms with Crippen molar-refractivity contribution in [2.45, 2.75) is 47.1 Å². The number of likely N-dealkylation sites (N-methyl/N-ethyl adjacent to an activating group) is 1. The van der Waals surface area contributed by atoms with Gasteiger partial charge in [0.25, 0.3) is 0 Å². The lowest BCUT2D eigenvalue weighted by Gasteiger charge is -2.30. The molecule has 0 saturated carbocycles. The van der Waals surface area contributed by atoms with Crippen molar-refractivity contribution in [3.05, 3.63) is 29.9 Å². The fourth-order valence-corrected chi connectivity index (χ4v) is 2.28. The summed E-state index contributed by atoms with van der Waals surface area (Å²) in [5, 5.41) is 7.59. The Labute approximate surface area is 126 Å². The summed E-state index contributed by atoms with van der Waals surface area (Å²) in [6.45, 7) is 11.7. The van der Waals surface area contributed by atoms with Crippen LogP contribution in [0.2, 0.25) is 0 Å². The summed E-state index contributed by atoms with van der Waals surface area (Å²) in [4.78, 5) is 8.62. The largest absolute Gasteiger partial charge is 0.339 e. The molecule has 0 bridgehead atoms. The summed E-state index contributed by atoms with van der Waals surface area (Å²) in [5.74, 6) is 1.30. The van der Waals surface area contributed by atoms with Crippen LogP contribution in [0.15, 0.2) is 23.0 Å². The van der Waals surface area contributed by atoms with Gasteiger partial charge >= 0.3 is 0 Å². The lowest BCUT2D eigenvalue weighted by Crippen LogP contribution is -2.41. The molecule has 114 valence electrons. The maximum atomic E-state index is 5.42. The summed E-state index contributed by atoms with van der Waals surface area (Å²) in [6, 6.07) is 2.21. The monoisotopic (exact) mass is 288 g/mol. The number of nitrogens with zero attached hydrogens (tertiary/aromatic N) is 3. The average molecular weight is 288 g/mol. The Kier molecular flexibility index (Phi) is 4.73. The highest BCUT2D eigenvalue weighted by molar-refractivity contribution is 5.57. The van der Waals surface area contributed by atoms with Crippen molar-refractivity contribution in [2.24, 2.45) is 5.41 Å². The maximum absolute atomic E-state index is 5.42. The summed E-state index contributed by atoms with van der Waals surface area (Å²) in [5.41, 5.74) is 2.15. The Morgan fingerprint density at radius 2 is 2.10 bits per heavy atom. The fourth-order valence-electron chi connectivity index (χ4n) is 2.28. The Balaban J connectivity index is 2.18. The number of rotatable bonds is 5. The first-order chi connectivity index (χ1) is 9.91. The number of aryl methyl sites for hydroxylation is 1. The zero-order valence-electron chi connectivity index (χ0n) is 13.5. The van der Waals surface area contributed by atoms with Gasteiger partial charge in [0.05, 0.1) is 0 Å². The third kappa shape index (κ3) is 3.88. The van der Waals surface area contributed by atoms with E-state index in [1.54, 1.807) is 6.20 Å². The molecule has 0 aliphatic rings. The topological polar surface area (TPSA) is 63.8 Å². The second-order valence-electron chi connectivity index (χ2n) is 6.38. The Morgan fingerprint density at radius 1 is 1.33 bits per heavy atom. The molecule has 0 amide bonds. The predicted molar refractivity (Wildman–Crippen MR) is 82.9 cm³/mol. The molecule has 5 nitrogen and oxygen atoms in total. The Hall–Kier alpha value is -1.75. The third-order valence-corrected chi connectivity index (χ3v) is 3.60. The summed E-state index contributed by atoms with van der Waals surface area (Å²) in [6.07, 6.45) is 4.28. The molecule has 0 aliphatic carbocycles. The van der Waals surface area contributed by atoms with Gasteiger partial charge in [-0.25, -0.2) is 0 Å².